The van der Waals surface area contributed by atoms with Gasteiger partial charge in [0.1, 0.15) is 5.56 Å². The normalized spacial score (nSPS) is 18.5. The Morgan fingerprint density at radius 1 is 1.44 bits per heavy atom. The van der Waals surface area contributed by atoms with Crippen LogP contribution in [0.5, 0.6) is 0 Å². The second kappa shape index (κ2) is 6.89. The minimum absolute atomic E-state index is 0.157. The Labute approximate surface area is 149 Å². The van der Waals surface area contributed by atoms with Crippen LogP contribution in [0.1, 0.15) is 39.7 Å². The topological polar surface area (TPSA) is 75.4 Å². The van der Waals surface area contributed by atoms with E-state index in [4.69, 9.17) is 0 Å². The number of aromatic nitrogens is 4. The minimum atomic E-state index is -0.157. The van der Waals surface area contributed by atoms with Gasteiger partial charge in [-0.2, -0.15) is 5.10 Å². The van der Waals surface area contributed by atoms with Crippen molar-refractivity contribution in [2.45, 2.75) is 25.3 Å². The van der Waals surface area contributed by atoms with E-state index in [-0.39, 0.29) is 5.91 Å². The molecule has 1 amide bonds. The number of fused-ring (bicyclic) bond motifs is 1. The van der Waals surface area contributed by atoms with Crippen LogP contribution in [-0.2, 0) is 6.54 Å². The minimum Gasteiger partial charge on any atom is -0.355 e. The number of nitrogens with one attached hydrogen (secondary N) is 1. The van der Waals surface area contributed by atoms with E-state index in [0.29, 0.717) is 17.1 Å². The van der Waals surface area contributed by atoms with E-state index >= 15 is 0 Å². The SMILES string of the molecule is CNC(=O)c1cnn2c([C@H]3CCCN(Cc4cncs4)C3)ccnc12. The molecule has 130 valence electrons. The van der Waals surface area contributed by atoms with Gasteiger partial charge in [-0.15, -0.1) is 11.3 Å². The molecule has 0 aliphatic carbocycles. The van der Waals surface area contributed by atoms with Gasteiger partial charge in [0.2, 0.25) is 0 Å². The Morgan fingerprint density at radius 2 is 2.36 bits per heavy atom. The van der Waals surface area contributed by atoms with Gasteiger partial charge in [-0.1, -0.05) is 0 Å². The third-order valence-corrected chi connectivity index (χ3v) is 5.45. The fourth-order valence-corrected chi connectivity index (χ4v) is 4.13. The van der Waals surface area contributed by atoms with Gasteiger partial charge >= 0.3 is 0 Å². The standard InChI is InChI=1S/C17H20N6OS/c1-18-17(24)14-8-21-23-15(4-5-20-16(14)23)12-3-2-6-22(9-12)10-13-7-19-11-25-13/h4-5,7-8,11-12H,2-3,6,9-10H2,1H3,(H,18,24)/t12-/m0/s1. The van der Waals surface area contributed by atoms with Crippen molar-refractivity contribution in [1.29, 1.82) is 0 Å². The fourth-order valence-electron chi connectivity index (χ4n) is 3.50. The number of likely N-dealkylation sites (tertiary alicyclic amines) is 1. The number of hydrogen-bond donors (Lipinski definition) is 1. The lowest BCUT2D eigenvalue weighted by atomic mass is 9.94. The summed E-state index contributed by atoms with van der Waals surface area (Å²) in [6.07, 6.45) is 7.59. The highest BCUT2D eigenvalue weighted by Crippen LogP contribution is 2.28. The van der Waals surface area contributed by atoms with Crippen LogP contribution < -0.4 is 5.32 Å². The molecule has 25 heavy (non-hydrogen) atoms. The number of thiazole rings is 1. The molecule has 0 bridgehead atoms. The number of amides is 1. The Kier molecular flexibility index (Phi) is 4.46. The highest BCUT2D eigenvalue weighted by Gasteiger charge is 2.25. The fraction of sp³-hybridized carbons (Fsp3) is 0.412. The maximum Gasteiger partial charge on any atom is 0.256 e. The predicted molar refractivity (Wildman–Crippen MR) is 95.7 cm³/mol. The summed E-state index contributed by atoms with van der Waals surface area (Å²) >= 11 is 1.70. The first kappa shape index (κ1) is 16.2. The van der Waals surface area contributed by atoms with Gasteiger partial charge in [0.05, 0.1) is 17.4 Å². The molecule has 1 N–H and O–H groups in total. The smallest absolute Gasteiger partial charge is 0.256 e. The maximum atomic E-state index is 12.0. The zero-order valence-electron chi connectivity index (χ0n) is 14.1. The summed E-state index contributed by atoms with van der Waals surface area (Å²) in [7, 11) is 1.62. The van der Waals surface area contributed by atoms with E-state index in [9.17, 15) is 4.79 Å². The number of carbonyl (C=O) groups excluding carboxylic acids is 1. The molecular formula is C17H20N6OS. The van der Waals surface area contributed by atoms with Crippen LogP contribution >= 0.6 is 11.3 Å². The Balaban J connectivity index is 1.60. The van der Waals surface area contributed by atoms with Crippen LogP contribution in [0.15, 0.2) is 30.2 Å². The van der Waals surface area contributed by atoms with Crippen molar-refractivity contribution in [3.8, 4) is 0 Å². The predicted octanol–water partition coefficient (Wildman–Crippen LogP) is 1.92. The largest absolute Gasteiger partial charge is 0.355 e. The highest BCUT2D eigenvalue weighted by atomic mass is 32.1. The molecule has 7 nitrogen and oxygen atoms in total. The van der Waals surface area contributed by atoms with Crippen molar-refractivity contribution in [2.75, 3.05) is 20.1 Å². The first-order valence-electron chi connectivity index (χ1n) is 8.40. The molecule has 1 aliphatic heterocycles. The molecule has 1 atom stereocenters. The average molecular weight is 356 g/mol. The summed E-state index contributed by atoms with van der Waals surface area (Å²) in [6, 6.07) is 2.02. The van der Waals surface area contributed by atoms with Crippen LogP contribution in [0.2, 0.25) is 0 Å². The summed E-state index contributed by atoms with van der Waals surface area (Å²) in [5.74, 6) is 0.222. The Morgan fingerprint density at radius 3 is 3.16 bits per heavy atom. The van der Waals surface area contributed by atoms with E-state index < -0.39 is 0 Å². The van der Waals surface area contributed by atoms with Crippen LogP contribution in [-0.4, -0.2) is 50.5 Å². The lowest BCUT2D eigenvalue weighted by Crippen LogP contribution is -2.34. The van der Waals surface area contributed by atoms with Crippen LogP contribution in [0.4, 0.5) is 0 Å². The van der Waals surface area contributed by atoms with Crippen molar-refractivity contribution in [2.24, 2.45) is 0 Å². The van der Waals surface area contributed by atoms with Crippen LogP contribution in [0, 0.1) is 0 Å². The summed E-state index contributed by atoms with van der Waals surface area (Å²) in [5.41, 5.74) is 4.14. The van der Waals surface area contributed by atoms with E-state index in [1.807, 2.05) is 22.3 Å². The van der Waals surface area contributed by atoms with E-state index in [0.717, 1.165) is 38.2 Å². The quantitative estimate of drug-likeness (QED) is 0.773. The molecule has 1 saturated heterocycles. The van der Waals surface area contributed by atoms with Gasteiger partial charge in [-0.3, -0.25) is 14.7 Å². The lowest BCUT2D eigenvalue weighted by molar-refractivity contribution is 0.0964. The Hall–Kier alpha value is -2.32. The molecular weight excluding hydrogens is 336 g/mol. The third kappa shape index (κ3) is 3.14. The number of rotatable bonds is 4. The molecule has 0 radical (unpaired) electrons. The molecule has 0 saturated carbocycles. The molecule has 4 heterocycles. The summed E-state index contributed by atoms with van der Waals surface area (Å²) in [5, 5.41) is 7.08. The molecule has 0 spiro atoms. The molecule has 0 aromatic carbocycles. The molecule has 4 rings (SSSR count). The molecule has 1 fully saturated rings. The average Bonchev–Trinajstić information content (AvgIpc) is 3.30. The molecule has 1 aliphatic rings. The summed E-state index contributed by atoms with van der Waals surface area (Å²) in [6.45, 7) is 3.02. The van der Waals surface area contributed by atoms with E-state index in [2.05, 4.69) is 25.3 Å². The molecule has 8 heteroatoms. The van der Waals surface area contributed by atoms with Crippen molar-refractivity contribution in [3.05, 3.63) is 46.3 Å². The van der Waals surface area contributed by atoms with Crippen molar-refractivity contribution < 1.29 is 4.79 Å². The van der Waals surface area contributed by atoms with Gasteiger partial charge in [0.25, 0.3) is 5.91 Å². The zero-order chi connectivity index (χ0) is 17.2. The number of hydrogen-bond acceptors (Lipinski definition) is 6. The number of piperidine rings is 1. The molecule has 3 aromatic rings. The summed E-state index contributed by atoms with van der Waals surface area (Å²) < 4.78 is 1.82. The van der Waals surface area contributed by atoms with E-state index in [1.165, 1.54) is 4.88 Å². The lowest BCUT2D eigenvalue weighted by Gasteiger charge is -2.32. The first-order chi connectivity index (χ1) is 12.3. The second-order valence-electron chi connectivity index (χ2n) is 6.28. The molecule has 0 unspecified atom stereocenters. The van der Waals surface area contributed by atoms with Crippen LogP contribution in [0.3, 0.4) is 0 Å². The van der Waals surface area contributed by atoms with Gasteiger partial charge < -0.3 is 5.32 Å². The third-order valence-electron chi connectivity index (χ3n) is 4.69. The van der Waals surface area contributed by atoms with Crippen molar-refractivity contribution in [3.63, 3.8) is 0 Å². The number of nitrogens with zero attached hydrogens (tertiary/aromatic N) is 5. The van der Waals surface area contributed by atoms with Crippen molar-refractivity contribution >= 4 is 22.9 Å². The monoisotopic (exact) mass is 356 g/mol. The maximum absolute atomic E-state index is 12.0. The first-order valence-corrected chi connectivity index (χ1v) is 9.28. The van der Waals surface area contributed by atoms with Gasteiger partial charge in [-0.25, -0.2) is 9.50 Å². The van der Waals surface area contributed by atoms with Gasteiger partial charge in [-0.05, 0) is 25.5 Å². The van der Waals surface area contributed by atoms with Crippen molar-refractivity contribution in [1.82, 2.24) is 29.8 Å². The second-order valence-corrected chi connectivity index (χ2v) is 7.26. The zero-order valence-corrected chi connectivity index (χ0v) is 14.9. The number of carbonyl (C=O) groups is 1. The van der Waals surface area contributed by atoms with Gasteiger partial charge in [0.15, 0.2) is 5.65 Å². The highest BCUT2D eigenvalue weighted by molar-refractivity contribution is 7.09. The van der Waals surface area contributed by atoms with E-state index in [1.54, 1.807) is 30.8 Å². The summed E-state index contributed by atoms with van der Waals surface area (Å²) in [4.78, 5) is 24.3. The Bertz CT molecular complexity index is 875. The molecule has 3 aromatic heterocycles. The van der Waals surface area contributed by atoms with Crippen LogP contribution in [0.25, 0.3) is 5.65 Å². The van der Waals surface area contributed by atoms with Gasteiger partial charge in [0, 0.05) is 43.3 Å².